The summed E-state index contributed by atoms with van der Waals surface area (Å²) in [6.07, 6.45) is 1.20. The lowest BCUT2D eigenvalue weighted by Crippen LogP contribution is -2.24. The Kier molecular flexibility index (Phi) is 5.16. The molecule has 1 rings (SSSR count). The van der Waals surface area contributed by atoms with Gasteiger partial charge in [0.05, 0.1) is 0 Å². The molecule has 0 saturated heterocycles. The van der Waals surface area contributed by atoms with Crippen LogP contribution < -0.4 is 0 Å². The first-order valence-electron chi connectivity index (χ1n) is 7.00. The van der Waals surface area contributed by atoms with E-state index in [2.05, 4.69) is 39.0 Å². The fourth-order valence-electron chi connectivity index (χ4n) is 2.11. The molecule has 0 spiro atoms. The van der Waals surface area contributed by atoms with Gasteiger partial charge in [-0.2, -0.15) is 0 Å². The molecule has 0 aromatic heterocycles. The van der Waals surface area contributed by atoms with Gasteiger partial charge in [-0.1, -0.05) is 37.6 Å². The predicted octanol–water partition coefficient (Wildman–Crippen LogP) is 4.39. The minimum absolute atomic E-state index is 0.122. The van der Waals surface area contributed by atoms with Gasteiger partial charge in [-0.05, 0) is 51.2 Å². The maximum absolute atomic E-state index is 11.8. The van der Waals surface area contributed by atoms with Gasteiger partial charge >= 0.3 is 5.97 Å². The summed E-state index contributed by atoms with van der Waals surface area (Å²) in [4.78, 5) is 11.8. The summed E-state index contributed by atoms with van der Waals surface area (Å²) >= 11 is 0. The van der Waals surface area contributed by atoms with Gasteiger partial charge in [0.25, 0.3) is 0 Å². The van der Waals surface area contributed by atoms with Gasteiger partial charge in [0, 0.05) is 6.42 Å². The van der Waals surface area contributed by atoms with E-state index in [-0.39, 0.29) is 5.97 Å². The van der Waals surface area contributed by atoms with Crippen molar-refractivity contribution in [3.05, 3.63) is 34.9 Å². The number of aryl methyl sites for hydroxylation is 2. The van der Waals surface area contributed by atoms with Crippen molar-refractivity contribution in [2.75, 3.05) is 0 Å². The van der Waals surface area contributed by atoms with Crippen LogP contribution in [0.4, 0.5) is 0 Å². The highest BCUT2D eigenvalue weighted by atomic mass is 16.6. The number of benzene rings is 1. The Morgan fingerprint density at radius 3 is 2.42 bits per heavy atom. The minimum Gasteiger partial charge on any atom is -0.460 e. The molecule has 1 aromatic rings. The number of carbonyl (C=O) groups is 1. The first kappa shape index (κ1) is 15.7. The van der Waals surface area contributed by atoms with Crippen molar-refractivity contribution >= 4 is 5.97 Å². The van der Waals surface area contributed by atoms with Crippen LogP contribution in [0.25, 0.3) is 0 Å². The van der Waals surface area contributed by atoms with Crippen LogP contribution in [0, 0.1) is 6.92 Å². The van der Waals surface area contributed by atoms with Crippen LogP contribution in [0.3, 0.4) is 0 Å². The molecular formula is C17H26O2. The minimum atomic E-state index is -0.398. The molecule has 0 aliphatic heterocycles. The van der Waals surface area contributed by atoms with Gasteiger partial charge < -0.3 is 4.74 Å². The number of hydrogen-bond acceptors (Lipinski definition) is 2. The van der Waals surface area contributed by atoms with Crippen LogP contribution in [0.5, 0.6) is 0 Å². The largest absolute Gasteiger partial charge is 0.460 e. The molecule has 1 aromatic carbocycles. The predicted molar refractivity (Wildman–Crippen MR) is 79.4 cm³/mol. The Morgan fingerprint density at radius 2 is 1.89 bits per heavy atom. The van der Waals surface area contributed by atoms with E-state index >= 15 is 0 Å². The van der Waals surface area contributed by atoms with Crippen LogP contribution in [-0.4, -0.2) is 11.6 Å². The van der Waals surface area contributed by atoms with Crippen LogP contribution in [-0.2, 0) is 16.0 Å². The first-order valence-corrected chi connectivity index (χ1v) is 7.00. The maximum Gasteiger partial charge on any atom is 0.306 e. The summed E-state index contributed by atoms with van der Waals surface area (Å²) in [5.74, 6) is 0.358. The number of carbonyl (C=O) groups excluding carboxylic acids is 1. The molecule has 19 heavy (non-hydrogen) atoms. The molecular weight excluding hydrogens is 236 g/mol. The Hall–Kier alpha value is -1.31. The molecule has 2 heteroatoms. The fraction of sp³-hybridized carbons (Fsp3) is 0.588. The zero-order valence-corrected chi connectivity index (χ0v) is 13.0. The van der Waals surface area contributed by atoms with Crippen molar-refractivity contribution in [1.29, 1.82) is 0 Å². The summed E-state index contributed by atoms with van der Waals surface area (Å²) in [6, 6.07) is 6.46. The SMILES string of the molecule is Cc1ccc(CCC(=O)OC(C)(C)C)c(C(C)C)c1. The Bertz CT molecular complexity index is 439. The second-order valence-electron chi connectivity index (χ2n) is 6.44. The van der Waals surface area contributed by atoms with Crippen molar-refractivity contribution in [2.45, 2.75) is 65.9 Å². The van der Waals surface area contributed by atoms with E-state index in [0.29, 0.717) is 12.3 Å². The summed E-state index contributed by atoms with van der Waals surface area (Å²) in [5, 5.41) is 0. The molecule has 0 radical (unpaired) electrons. The van der Waals surface area contributed by atoms with Crippen LogP contribution in [0.15, 0.2) is 18.2 Å². The van der Waals surface area contributed by atoms with Crippen molar-refractivity contribution in [3.63, 3.8) is 0 Å². The zero-order chi connectivity index (χ0) is 14.6. The van der Waals surface area contributed by atoms with Crippen LogP contribution in [0.2, 0.25) is 0 Å². The molecule has 0 N–H and O–H groups in total. The molecule has 0 heterocycles. The lowest BCUT2D eigenvalue weighted by Gasteiger charge is -2.20. The molecule has 0 aliphatic rings. The molecule has 0 unspecified atom stereocenters. The Balaban J connectivity index is 2.70. The summed E-state index contributed by atoms with van der Waals surface area (Å²) in [7, 11) is 0. The first-order chi connectivity index (χ1) is 8.69. The standard InChI is InChI=1S/C17H26O2/c1-12(2)15-11-13(3)7-8-14(15)9-10-16(18)19-17(4,5)6/h7-8,11-12H,9-10H2,1-6H3. The molecule has 0 atom stereocenters. The van der Waals surface area contributed by atoms with Crippen molar-refractivity contribution in [3.8, 4) is 0 Å². The topological polar surface area (TPSA) is 26.3 Å². The third kappa shape index (κ3) is 5.46. The number of ether oxygens (including phenoxy) is 1. The Labute approximate surface area is 117 Å². The van der Waals surface area contributed by atoms with E-state index in [0.717, 1.165) is 6.42 Å². The van der Waals surface area contributed by atoms with E-state index < -0.39 is 5.60 Å². The normalized spacial score (nSPS) is 11.7. The molecule has 0 aliphatic carbocycles. The number of rotatable bonds is 4. The van der Waals surface area contributed by atoms with Gasteiger partial charge in [0.15, 0.2) is 0 Å². The van der Waals surface area contributed by atoms with Crippen molar-refractivity contribution in [1.82, 2.24) is 0 Å². The third-order valence-electron chi connectivity index (χ3n) is 2.94. The van der Waals surface area contributed by atoms with Gasteiger partial charge in [-0.25, -0.2) is 0 Å². The van der Waals surface area contributed by atoms with Gasteiger partial charge in [-0.15, -0.1) is 0 Å². The Morgan fingerprint density at radius 1 is 1.26 bits per heavy atom. The van der Waals surface area contributed by atoms with Gasteiger partial charge in [-0.3, -0.25) is 4.79 Å². The van der Waals surface area contributed by atoms with Crippen molar-refractivity contribution < 1.29 is 9.53 Å². The maximum atomic E-state index is 11.8. The second-order valence-corrected chi connectivity index (χ2v) is 6.44. The molecule has 0 bridgehead atoms. The van der Waals surface area contributed by atoms with Crippen molar-refractivity contribution in [2.24, 2.45) is 0 Å². The average Bonchev–Trinajstić information content (AvgIpc) is 2.24. The molecule has 2 nitrogen and oxygen atoms in total. The highest BCUT2D eigenvalue weighted by Gasteiger charge is 2.16. The molecule has 0 amide bonds. The third-order valence-corrected chi connectivity index (χ3v) is 2.94. The summed E-state index contributed by atoms with van der Waals surface area (Å²) < 4.78 is 5.34. The van der Waals surface area contributed by atoms with E-state index in [4.69, 9.17) is 4.74 Å². The van der Waals surface area contributed by atoms with Crippen LogP contribution in [0.1, 0.15) is 63.6 Å². The van der Waals surface area contributed by atoms with E-state index in [9.17, 15) is 4.79 Å². The zero-order valence-electron chi connectivity index (χ0n) is 13.0. The quantitative estimate of drug-likeness (QED) is 0.752. The van der Waals surface area contributed by atoms with Gasteiger partial charge in [0.1, 0.15) is 5.60 Å². The highest BCUT2D eigenvalue weighted by Crippen LogP contribution is 2.22. The lowest BCUT2D eigenvalue weighted by molar-refractivity contribution is -0.154. The average molecular weight is 262 g/mol. The van der Waals surface area contributed by atoms with E-state index in [1.807, 2.05) is 20.8 Å². The van der Waals surface area contributed by atoms with E-state index in [1.165, 1.54) is 16.7 Å². The summed E-state index contributed by atoms with van der Waals surface area (Å²) in [6.45, 7) is 12.2. The highest BCUT2D eigenvalue weighted by molar-refractivity contribution is 5.70. The number of hydrogen-bond donors (Lipinski definition) is 0. The van der Waals surface area contributed by atoms with Gasteiger partial charge in [0.2, 0.25) is 0 Å². The number of esters is 1. The van der Waals surface area contributed by atoms with Crippen LogP contribution >= 0.6 is 0 Å². The second kappa shape index (κ2) is 6.23. The molecule has 0 saturated carbocycles. The summed E-state index contributed by atoms with van der Waals surface area (Å²) in [5.41, 5.74) is 3.46. The molecule has 106 valence electrons. The monoisotopic (exact) mass is 262 g/mol. The molecule has 0 fully saturated rings. The fourth-order valence-corrected chi connectivity index (χ4v) is 2.11. The smallest absolute Gasteiger partial charge is 0.306 e. The lowest BCUT2D eigenvalue weighted by atomic mass is 9.93. The van der Waals surface area contributed by atoms with E-state index in [1.54, 1.807) is 0 Å².